The Bertz CT molecular complexity index is 324. The summed E-state index contributed by atoms with van der Waals surface area (Å²) in [5, 5.41) is 11.4. The van der Waals surface area contributed by atoms with Gasteiger partial charge in [-0.15, -0.1) is 0 Å². The van der Waals surface area contributed by atoms with Crippen molar-refractivity contribution >= 4 is 17.8 Å². The molecule has 1 rings (SSSR count). The maximum Gasteiger partial charge on any atom is 0.326 e. The molecule has 2 N–H and O–H groups in total. The van der Waals surface area contributed by atoms with Gasteiger partial charge in [0.25, 0.3) is 0 Å². The van der Waals surface area contributed by atoms with E-state index in [0.29, 0.717) is 12.3 Å². The summed E-state index contributed by atoms with van der Waals surface area (Å²) in [5.74, 6) is -1.47. The molecule has 0 aromatic rings. The molecule has 0 saturated heterocycles. The summed E-state index contributed by atoms with van der Waals surface area (Å²) in [7, 11) is 1.24. The largest absolute Gasteiger partial charge is 0.480 e. The zero-order valence-electron chi connectivity index (χ0n) is 10.5. The molecule has 1 fully saturated rings. The minimum absolute atomic E-state index is 0.0167. The van der Waals surface area contributed by atoms with Gasteiger partial charge in [-0.25, -0.2) is 4.79 Å². The van der Waals surface area contributed by atoms with Gasteiger partial charge < -0.3 is 15.2 Å². The number of aliphatic carboxylic acids is 1. The number of nitrogens with one attached hydrogen (secondary N) is 1. The molecule has 6 nitrogen and oxygen atoms in total. The van der Waals surface area contributed by atoms with E-state index >= 15 is 0 Å². The number of carbonyl (C=O) groups is 3. The van der Waals surface area contributed by atoms with E-state index in [1.165, 1.54) is 7.11 Å². The molecular formula is C12H19NO5. The number of hydrogen-bond donors (Lipinski definition) is 2. The summed E-state index contributed by atoms with van der Waals surface area (Å²) in [6, 6.07) is -1.02. The van der Waals surface area contributed by atoms with E-state index in [-0.39, 0.29) is 18.7 Å². The fraction of sp³-hybridized carbons (Fsp3) is 0.750. The molecule has 102 valence electrons. The normalized spacial score (nSPS) is 16.5. The number of carboxylic acid groups (broad SMARTS) is 1. The lowest BCUT2D eigenvalue weighted by molar-refractivity contribution is -0.144. The summed E-state index contributed by atoms with van der Waals surface area (Å²) in [6.07, 6.45) is 3.63. The third kappa shape index (κ3) is 4.73. The van der Waals surface area contributed by atoms with Crippen LogP contribution in [-0.4, -0.2) is 36.1 Å². The van der Waals surface area contributed by atoms with Gasteiger partial charge in [-0.3, -0.25) is 9.59 Å². The predicted molar refractivity (Wildman–Crippen MR) is 62.8 cm³/mol. The van der Waals surface area contributed by atoms with Crippen LogP contribution in [0.15, 0.2) is 0 Å². The first kappa shape index (κ1) is 14.5. The third-order valence-electron chi connectivity index (χ3n) is 3.20. The molecule has 18 heavy (non-hydrogen) atoms. The highest BCUT2D eigenvalue weighted by Crippen LogP contribution is 2.29. The van der Waals surface area contributed by atoms with Crippen LogP contribution in [0.3, 0.4) is 0 Å². The number of carboxylic acids is 1. The molecule has 0 aliphatic heterocycles. The monoisotopic (exact) mass is 257 g/mol. The first-order valence-corrected chi connectivity index (χ1v) is 6.12. The number of amides is 1. The molecule has 0 aromatic carbocycles. The molecule has 1 atom stereocenters. The van der Waals surface area contributed by atoms with Gasteiger partial charge in [-0.2, -0.15) is 0 Å². The molecule has 0 spiro atoms. The van der Waals surface area contributed by atoms with Crippen molar-refractivity contribution in [2.45, 2.75) is 44.6 Å². The Balaban J connectivity index is 2.33. The molecule has 1 aliphatic rings. The van der Waals surface area contributed by atoms with Crippen LogP contribution in [0.4, 0.5) is 0 Å². The lowest BCUT2D eigenvalue weighted by atomic mass is 9.83. The van der Waals surface area contributed by atoms with Crippen molar-refractivity contribution in [2.24, 2.45) is 5.92 Å². The number of carbonyl (C=O) groups excluding carboxylic acids is 2. The van der Waals surface area contributed by atoms with Gasteiger partial charge in [0.15, 0.2) is 0 Å². The molecule has 0 aromatic heterocycles. The first-order chi connectivity index (χ1) is 8.52. The standard InChI is InChI=1S/C12H19NO5/c1-18-11(15)6-5-9(12(16)17)13-10(14)7-8-3-2-4-8/h8-9H,2-7H2,1H3,(H,13,14)(H,16,17)/t9-/m1/s1. The van der Waals surface area contributed by atoms with E-state index in [0.717, 1.165) is 19.3 Å². The molecule has 1 amide bonds. The van der Waals surface area contributed by atoms with E-state index in [9.17, 15) is 14.4 Å². The maximum atomic E-state index is 11.6. The van der Waals surface area contributed by atoms with Crippen LogP contribution in [0.2, 0.25) is 0 Å². The highest BCUT2D eigenvalue weighted by molar-refractivity contribution is 5.84. The fourth-order valence-corrected chi connectivity index (χ4v) is 1.83. The highest BCUT2D eigenvalue weighted by Gasteiger charge is 2.25. The van der Waals surface area contributed by atoms with Gasteiger partial charge in [0.1, 0.15) is 6.04 Å². The smallest absolute Gasteiger partial charge is 0.326 e. The SMILES string of the molecule is COC(=O)CC[C@@H](NC(=O)CC1CCC1)C(=O)O. The maximum absolute atomic E-state index is 11.6. The third-order valence-corrected chi connectivity index (χ3v) is 3.20. The van der Waals surface area contributed by atoms with Gasteiger partial charge in [0.2, 0.25) is 5.91 Å². The summed E-state index contributed by atoms with van der Waals surface area (Å²) in [5.41, 5.74) is 0. The quantitative estimate of drug-likeness (QED) is 0.655. The van der Waals surface area contributed by atoms with Gasteiger partial charge >= 0.3 is 11.9 Å². The van der Waals surface area contributed by atoms with Crippen molar-refractivity contribution in [3.05, 3.63) is 0 Å². The predicted octanol–water partition coefficient (Wildman–Crippen LogP) is 0.699. The van der Waals surface area contributed by atoms with Crippen LogP contribution in [0.5, 0.6) is 0 Å². The zero-order valence-corrected chi connectivity index (χ0v) is 10.5. The van der Waals surface area contributed by atoms with E-state index < -0.39 is 18.0 Å². The van der Waals surface area contributed by atoms with Crippen molar-refractivity contribution < 1.29 is 24.2 Å². The topological polar surface area (TPSA) is 92.7 Å². The van der Waals surface area contributed by atoms with Crippen LogP contribution in [0.25, 0.3) is 0 Å². The molecule has 0 heterocycles. The van der Waals surface area contributed by atoms with Crippen molar-refractivity contribution in [3.8, 4) is 0 Å². The number of ether oxygens (including phenoxy) is 1. The van der Waals surface area contributed by atoms with E-state index in [1.807, 2.05) is 0 Å². The Hall–Kier alpha value is -1.59. The van der Waals surface area contributed by atoms with Crippen LogP contribution >= 0.6 is 0 Å². The van der Waals surface area contributed by atoms with Crippen LogP contribution in [0, 0.1) is 5.92 Å². The second-order valence-corrected chi connectivity index (χ2v) is 4.57. The Morgan fingerprint density at radius 2 is 2.06 bits per heavy atom. The van der Waals surface area contributed by atoms with E-state index in [4.69, 9.17) is 5.11 Å². The van der Waals surface area contributed by atoms with Crippen molar-refractivity contribution in [1.29, 1.82) is 0 Å². The molecule has 1 aliphatic carbocycles. The Morgan fingerprint density at radius 3 is 2.50 bits per heavy atom. The molecule has 0 unspecified atom stereocenters. The average molecular weight is 257 g/mol. The lowest BCUT2D eigenvalue weighted by Crippen LogP contribution is -2.42. The molecule has 0 radical (unpaired) electrons. The Morgan fingerprint density at radius 1 is 1.39 bits per heavy atom. The first-order valence-electron chi connectivity index (χ1n) is 6.12. The Kier molecular flexibility index (Phi) is 5.61. The molecule has 0 bridgehead atoms. The second-order valence-electron chi connectivity index (χ2n) is 4.57. The summed E-state index contributed by atoms with van der Waals surface area (Å²) in [4.78, 5) is 33.5. The molecule has 1 saturated carbocycles. The van der Waals surface area contributed by atoms with E-state index in [2.05, 4.69) is 10.1 Å². The van der Waals surface area contributed by atoms with Crippen LogP contribution < -0.4 is 5.32 Å². The van der Waals surface area contributed by atoms with Gasteiger partial charge in [-0.1, -0.05) is 6.42 Å². The minimum atomic E-state index is -1.12. The zero-order chi connectivity index (χ0) is 13.5. The van der Waals surface area contributed by atoms with Crippen molar-refractivity contribution in [3.63, 3.8) is 0 Å². The highest BCUT2D eigenvalue weighted by atomic mass is 16.5. The molecule has 6 heteroatoms. The number of hydrogen-bond acceptors (Lipinski definition) is 4. The van der Waals surface area contributed by atoms with Crippen molar-refractivity contribution in [2.75, 3.05) is 7.11 Å². The lowest BCUT2D eigenvalue weighted by Gasteiger charge is -2.25. The average Bonchev–Trinajstić information content (AvgIpc) is 2.28. The summed E-state index contributed by atoms with van der Waals surface area (Å²) in [6.45, 7) is 0. The summed E-state index contributed by atoms with van der Waals surface area (Å²) >= 11 is 0. The summed E-state index contributed by atoms with van der Waals surface area (Å²) < 4.78 is 4.43. The van der Waals surface area contributed by atoms with Gasteiger partial charge in [0, 0.05) is 12.8 Å². The number of methoxy groups -OCH3 is 1. The van der Waals surface area contributed by atoms with Gasteiger partial charge in [-0.05, 0) is 25.2 Å². The minimum Gasteiger partial charge on any atom is -0.480 e. The van der Waals surface area contributed by atoms with E-state index in [1.54, 1.807) is 0 Å². The van der Waals surface area contributed by atoms with Crippen LogP contribution in [-0.2, 0) is 19.1 Å². The number of esters is 1. The number of rotatable bonds is 7. The second kappa shape index (κ2) is 6.98. The molecular weight excluding hydrogens is 238 g/mol. The Labute approximate surface area is 106 Å². The van der Waals surface area contributed by atoms with Crippen LogP contribution in [0.1, 0.15) is 38.5 Å². The van der Waals surface area contributed by atoms with Crippen molar-refractivity contribution in [1.82, 2.24) is 5.32 Å². The van der Waals surface area contributed by atoms with Gasteiger partial charge in [0.05, 0.1) is 7.11 Å². The fourth-order valence-electron chi connectivity index (χ4n) is 1.83.